The minimum Gasteiger partial charge on any atom is -0.280 e. The van der Waals surface area contributed by atoms with Crippen molar-refractivity contribution < 1.29 is 8.42 Å². The molecular weight excluding hydrogens is 457 g/mol. The van der Waals surface area contributed by atoms with Crippen molar-refractivity contribution in [2.75, 3.05) is 4.72 Å². The van der Waals surface area contributed by atoms with E-state index in [1.165, 1.54) is 34.9 Å². The van der Waals surface area contributed by atoms with Gasteiger partial charge in [-0.2, -0.15) is 0 Å². The molecule has 0 amide bonds. The molecule has 0 atom stereocenters. The number of hydrogen-bond acceptors (Lipinski definition) is 3. The van der Waals surface area contributed by atoms with Crippen LogP contribution < -0.4 is 4.72 Å². The van der Waals surface area contributed by atoms with E-state index in [9.17, 15) is 8.42 Å². The maximum absolute atomic E-state index is 12.6. The first-order valence-corrected chi connectivity index (χ1v) is 11.9. The van der Waals surface area contributed by atoms with Gasteiger partial charge in [0.1, 0.15) is 0 Å². The van der Waals surface area contributed by atoms with Gasteiger partial charge in [0.15, 0.2) is 0 Å². The van der Waals surface area contributed by atoms with E-state index in [-0.39, 0.29) is 4.90 Å². The monoisotopic (exact) mass is 477 g/mol. The third kappa shape index (κ3) is 6.05. The maximum Gasteiger partial charge on any atom is 0.261 e. The average molecular weight is 478 g/mol. The van der Waals surface area contributed by atoms with Gasteiger partial charge in [0, 0.05) is 27.8 Å². The summed E-state index contributed by atoms with van der Waals surface area (Å²) in [6.45, 7) is 4.18. The second-order valence-electron chi connectivity index (χ2n) is 7.22. The molecule has 0 saturated heterocycles. The summed E-state index contributed by atoms with van der Waals surface area (Å²) in [6, 6.07) is 17.6. The number of rotatable bonds is 7. The van der Waals surface area contributed by atoms with Crippen molar-refractivity contribution in [3.8, 4) is 0 Å². The highest BCUT2D eigenvalue weighted by molar-refractivity contribution is 7.92. The van der Waals surface area contributed by atoms with Gasteiger partial charge in [0.2, 0.25) is 0 Å². The first-order valence-electron chi connectivity index (χ1n) is 9.28. The van der Waals surface area contributed by atoms with Crippen molar-refractivity contribution in [3.05, 3.63) is 93.0 Å². The van der Waals surface area contributed by atoms with Gasteiger partial charge in [-0.25, -0.2) is 8.42 Å². The highest BCUT2D eigenvalue weighted by Gasteiger charge is 2.15. The summed E-state index contributed by atoms with van der Waals surface area (Å²) in [7, 11) is -3.75. The van der Waals surface area contributed by atoms with E-state index in [1.807, 2.05) is 0 Å². The predicted octanol–water partition coefficient (Wildman–Crippen LogP) is 6.57. The highest BCUT2D eigenvalue weighted by Crippen LogP contribution is 2.25. The van der Waals surface area contributed by atoms with Crippen LogP contribution in [0, 0.1) is 13.8 Å². The zero-order valence-corrected chi connectivity index (χ0v) is 19.7. The minimum absolute atomic E-state index is 0.155. The van der Waals surface area contributed by atoms with Gasteiger partial charge in [-0.1, -0.05) is 65.8 Å². The zero-order chi connectivity index (χ0) is 21.9. The Morgan fingerprint density at radius 2 is 1.40 bits per heavy atom. The SMILES string of the molecule is Cc1ccc(CC(=S)Cc2ccc(S(=O)(=O)Nc3cc(Cl)cc(Cl)c3)cc2)cc1C. The largest absolute Gasteiger partial charge is 0.280 e. The van der Waals surface area contributed by atoms with Gasteiger partial charge in [-0.15, -0.1) is 0 Å². The Morgan fingerprint density at radius 3 is 2.00 bits per heavy atom. The van der Waals surface area contributed by atoms with Gasteiger partial charge in [0.25, 0.3) is 10.0 Å². The van der Waals surface area contributed by atoms with Crippen LogP contribution in [0.5, 0.6) is 0 Å². The molecule has 30 heavy (non-hydrogen) atoms. The molecular formula is C23H21Cl2NO2S2. The number of sulfonamides is 1. The number of nitrogens with one attached hydrogen (secondary N) is 1. The molecule has 0 bridgehead atoms. The fourth-order valence-electron chi connectivity index (χ4n) is 3.04. The highest BCUT2D eigenvalue weighted by atomic mass is 35.5. The Labute approximate surface area is 193 Å². The smallest absolute Gasteiger partial charge is 0.261 e. The van der Waals surface area contributed by atoms with Crippen LogP contribution in [0.2, 0.25) is 10.0 Å². The Bertz CT molecular complexity index is 1170. The molecule has 3 nitrogen and oxygen atoms in total. The van der Waals surface area contributed by atoms with Crippen LogP contribution in [-0.4, -0.2) is 13.3 Å². The van der Waals surface area contributed by atoms with E-state index in [4.69, 9.17) is 35.4 Å². The fourth-order valence-corrected chi connectivity index (χ4v) is 4.94. The number of halogens is 2. The standard InChI is InChI=1S/C23H21Cl2NO2S2/c1-15-3-4-18(9-16(15)2)11-22(29)10-17-5-7-23(8-6-17)30(27,28)26-21-13-19(24)12-20(25)14-21/h3-9,12-14,26H,10-11H2,1-2H3. The van der Waals surface area contributed by atoms with E-state index < -0.39 is 10.0 Å². The summed E-state index contributed by atoms with van der Waals surface area (Å²) in [6.07, 6.45) is 1.33. The van der Waals surface area contributed by atoms with E-state index in [1.54, 1.807) is 24.3 Å². The number of aryl methyl sites for hydroxylation is 2. The van der Waals surface area contributed by atoms with Gasteiger partial charge in [-0.3, -0.25) is 4.72 Å². The van der Waals surface area contributed by atoms with Gasteiger partial charge in [0.05, 0.1) is 10.6 Å². The molecule has 7 heteroatoms. The number of benzene rings is 3. The Morgan fingerprint density at radius 1 is 0.833 bits per heavy atom. The summed E-state index contributed by atoms with van der Waals surface area (Å²) in [5.74, 6) is 0. The molecule has 1 N–H and O–H groups in total. The van der Waals surface area contributed by atoms with Gasteiger partial charge in [-0.05, 0) is 66.4 Å². The first-order chi connectivity index (χ1) is 14.1. The van der Waals surface area contributed by atoms with Crippen LogP contribution in [-0.2, 0) is 22.9 Å². The minimum atomic E-state index is -3.75. The fraction of sp³-hybridized carbons (Fsp3) is 0.174. The molecule has 0 unspecified atom stereocenters. The van der Waals surface area contributed by atoms with Crippen LogP contribution in [0.15, 0.2) is 65.6 Å². The van der Waals surface area contributed by atoms with Crippen molar-refractivity contribution in [3.63, 3.8) is 0 Å². The van der Waals surface area contributed by atoms with Crippen molar-refractivity contribution >= 4 is 56.0 Å². The molecule has 3 rings (SSSR count). The Kier molecular flexibility index (Phi) is 7.19. The average Bonchev–Trinajstić information content (AvgIpc) is 2.64. The van der Waals surface area contributed by atoms with E-state index in [2.05, 4.69) is 36.8 Å². The van der Waals surface area contributed by atoms with Gasteiger partial charge >= 0.3 is 0 Å². The van der Waals surface area contributed by atoms with E-state index in [0.717, 1.165) is 10.4 Å². The molecule has 3 aromatic carbocycles. The predicted molar refractivity (Wildman–Crippen MR) is 130 cm³/mol. The van der Waals surface area contributed by atoms with Crippen molar-refractivity contribution in [1.82, 2.24) is 0 Å². The summed E-state index contributed by atoms with van der Waals surface area (Å²) in [5, 5.41) is 0.709. The van der Waals surface area contributed by atoms with Crippen LogP contribution in [0.3, 0.4) is 0 Å². The van der Waals surface area contributed by atoms with Crippen LogP contribution >= 0.6 is 35.4 Å². The molecule has 0 fully saturated rings. The number of hydrogen-bond donors (Lipinski definition) is 1. The summed E-state index contributed by atoms with van der Waals surface area (Å²) in [4.78, 5) is 1.06. The third-order valence-corrected chi connectivity index (χ3v) is 6.84. The lowest BCUT2D eigenvalue weighted by Gasteiger charge is -2.10. The van der Waals surface area contributed by atoms with Gasteiger partial charge < -0.3 is 0 Å². The summed E-state index contributed by atoms with van der Waals surface area (Å²) >= 11 is 17.4. The topological polar surface area (TPSA) is 46.2 Å². The second-order valence-corrected chi connectivity index (χ2v) is 10.4. The summed E-state index contributed by atoms with van der Waals surface area (Å²) < 4.78 is 27.8. The molecule has 0 radical (unpaired) electrons. The molecule has 0 spiro atoms. The van der Waals surface area contributed by atoms with Crippen LogP contribution in [0.1, 0.15) is 22.3 Å². The lowest BCUT2D eigenvalue weighted by atomic mass is 10.0. The molecule has 0 aromatic heterocycles. The normalized spacial score (nSPS) is 11.3. The van der Waals surface area contributed by atoms with Crippen molar-refractivity contribution in [1.29, 1.82) is 0 Å². The molecule has 0 aliphatic rings. The van der Waals surface area contributed by atoms with Crippen molar-refractivity contribution in [2.24, 2.45) is 0 Å². The second kappa shape index (κ2) is 9.48. The lowest BCUT2D eigenvalue weighted by molar-refractivity contribution is 0.601. The molecule has 0 heterocycles. The molecule has 0 aliphatic heterocycles. The molecule has 156 valence electrons. The Balaban J connectivity index is 1.67. The van der Waals surface area contributed by atoms with E-state index in [0.29, 0.717) is 28.6 Å². The number of thiocarbonyl (C=S) groups is 1. The van der Waals surface area contributed by atoms with Crippen molar-refractivity contribution in [2.45, 2.75) is 31.6 Å². The maximum atomic E-state index is 12.6. The summed E-state index contributed by atoms with van der Waals surface area (Å²) in [5.41, 5.74) is 4.97. The zero-order valence-electron chi connectivity index (χ0n) is 16.6. The van der Waals surface area contributed by atoms with Crippen LogP contribution in [0.25, 0.3) is 0 Å². The lowest BCUT2D eigenvalue weighted by Crippen LogP contribution is -2.13. The number of anilines is 1. The van der Waals surface area contributed by atoms with E-state index >= 15 is 0 Å². The van der Waals surface area contributed by atoms with Crippen LogP contribution in [0.4, 0.5) is 5.69 Å². The molecule has 0 aliphatic carbocycles. The third-order valence-electron chi connectivity index (χ3n) is 4.72. The quantitative estimate of drug-likeness (QED) is 0.391. The first kappa shape index (κ1) is 22.8. The Hall–Kier alpha value is -1.92. The molecule has 3 aromatic rings. The molecule has 0 saturated carbocycles.